The van der Waals surface area contributed by atoms with E-state index in [1.807, 2.05) is 0 Å². The van der Waals surface area contributed by atoms with Gasteiger partial charge in [-0.1, -0.05) is 44.5 Å². The van der Waals surface area contributed by atoms with Crippen molar-refractivity contribution in [3.05, 3.63) is 35.4 Å². The topological polar surface area (TPSA) is 15.3 Å². The Morgan fingerprint density at radius 1 is 1.24 bits per heavy atom. The van der Waals surface area contributed by atoms with Crippen LogP contribution in [0.15, 0.2) is 24.3 Å². The van der Waals surface area contributed by atoms with Crippen molar-refractivity contribution in [3.63, 3.8) is 0 Å². The predicted octanol–water partition coefficient (Wildman–Crippen LogP) is 4.16. The fourth-order valence-electron chi connectivity index (χ4n) is 3.55. The SMILES string of the molecule is CCCNC(CN1CCC(CCC)C1)c1ccccc1C. The molecule has 2 rings (SSSR count). The Morgan fingerprint density at radius 3 is 2.76 bits per heavy atom. The molecule has 1 aliphatic heterocycles. The molecule has 118 valence electrons. The average Bonchev–Trinajstić information content (AvgIpc) is 2.92. The van der Waals surface area contributed by atoms with Crippen LogP contribution in [-0.4, -0.2) is 31.1 Å². The van der Waals surface area contributed by atoms with Gasteiger partial charge in [-0.3, -0.25) is 0 Å². The van der Waals surface area contributed by atoms with Gasteiger partial charge in [0.25, 0.3) is 0 Å². The molecule has 1 aromatic rings. The van der Waals surface area contributed by atoms with Crippen LogP contribution in [0.3, 0.4) is 0 Å². The molecule has 1 N–H and O–H groups in total. The molecule has 0 amide bonds. The summed E-state index contributed by atoms with van der Waals surface area (Å²) in [6.07, 6.45) is 5.31. The maximum atomic E-state index is 3.76. The van der Waals surface area contributed by atoms with Crippen molar-refractivity contribution in [1.29, 1.82) is 0 Å². The molecular weight excluding hydrogens is 256 g/mol. The summed E-state index contributed by atoms with van der Waals surface area (Å²) in [6, 6.07) is 9.32. The fourth-order valence-corrected chi connectivity index (χ4v) is 3.55. The van der Waals surface area contributed by atoms with Crippen LogP contribution in [0, 0.1) is 12.8 Å². The van der Waals surface area contributed by atoms with E-state index in [9.17, 15) is 0 Å². The summed E-state index contributed by atoms with van der Waals surface area (Å²) in [5.41, 5.74) is 2.89. The largest absolute Gasteiger partial charge is 0.309 e. The van der Waals surface area contributed by atoms with Crippen LogP contribution in [0.2, 0.25) is 0 Å². The highest BCUT2D eigenvalue weighted by Gasteiger charge is 2.24. The van der Waals surface area contributed by atoms with Gasteiger partial charge in [0.05, 0.1) is 0 Å². The first-order valence-electron chi connectivity index (χ1n) is 8.75. The summed E-state index contributed by atoms with van der Waals surface area (Å²) >= 11 is 0. The molecule has 2 atom stereocenters. The molecule has 0 radical (unpaired) electrons. The zero-order valence-corrected chi connectivity index (χ0v) is 14.1. The standard InChI is InChI=1S/C19H32N2/c1-4-8-17-11-13-21(14-17)15-19(20-12-5-2)18-10-7-6-9-16(18)3/h6-7,9-10,17,19-20H,4-5,8,11-15H2,1-3H3. The Kier molecular flexibility index (Phi) is 6.72. The second-order valence-corrected chi connectivity index (χ2v) is 6.57. The lowest BCUT2D eigenvalue weighted by Gasteiger charge is -2.26. The highest BCUT2D eigenvalue weighted by atomic mass is 15.2. The number of nitrogens with zero attached hydrogens (tertiary/aromatic N) is 1. The van der Waals surface area contributed by atoms with Crippen LogP contribution in [-0.2, 0) is 0 Å². The Morgan fingerprint density at radius 2 is 2.05 bits per heavy atom. The first-order chi connectivity index (χ1) is 10.2. The molecular formula is C19H32N2. The molecule has 2 heteroatoms. The summed E-state index contributed by atoms with van der Waals surface area (Å²) in [6.45, 7) is 11.6. The van der Waals surface area contributed by atoms with Crippen molar-refractivity contribution in [2.45, 2.75) is 52.5 Å². The lowest BCUT2D eigenvalue weighted by atomic mass is 10.0. The van der Waals surface area contributed by atoms with Crippen molar-refractivity contribution in [2.24, 2.45) is 5.92 Å². The minimum absolute atomic E-state index is 0.478. The first-order valence-corrected chi connectivity index (χ1v) is 8.75. The summed E-state index contributed by atoms with van der Waals surface area (Å²) in [4.78, 5) is 2.67. The van der Waals surface area contributed by atoms with Gasteiger partial charge in [-0.15, -0.1) is 0 Å². The Bertz CT molecular complexity index is 416. The van der Waals surface area contributed by atoms with Gasteiger partial charge in [-0.25, -0.2) is 0 Å². The molecule has 0 bridgehead atoms. The Hall–Kier alpha value is -0.860. The molecule has 1 heterocycles. The van der Waals surface area contributed by atoms with Crippen molar-refractivity contribution in [3.8, 4) is 0 Å². The van der Waals surface area contributed by atoms with Crippen LogP contribution in [0.5, 0.6) is 0 Å². The number of hydrogen-bond acceptors (Lipinski definition) is 2. The van der Waals surface area contributed by atoms with Crippen LogP contribution >= 0.6 is 0 Å². The van der Waals surface area contributed by atoms with E-state index in [4.69, 9.17) is 0 Å². The normalized spacial score (nSPS) is 20.8. The van der Waals surface area contributed by atoms with Crippen LogP contribution < -0.4 is 5.32 Å². The molecule has 1 fully saturated rings. The monoisotopic (exact) mass is 288 g/mol. The average molecular weight is 288 g/mol. The van der Waals surface area contributed by atoms with E-state index >= 15 is 0 Å². The van der Waals surface area contributed by atoms with Gasteiger partial charge >= 0.3 is 0 Å². The third-order valence-electron chi connectivity index (χ3n) is 4.71. The second kappa shape index (κ2) is 8.55. The van der Waals surface area contributed by atoms with Crippen LogP contribution in [0.1, 0.15) is 56.7 Å². The fraction of sp³-hybridized carbons (Fsp3) is 0.684. The van der Waals surface area contributed by atoms with Gasteiger partial charge < -0.3 is 10.2 Å². The summed E-state index contributed by atoms with van der Waals surface area (Å²) in [5.74, 6) is 0.929. The molecule has 1 aliphatic rings. The molecule has 2 nitrogen and oxygen atoms in total. The molecule has 0 aliphatic carbocycles. The maximum absolute atomic E-state index is 3.76. The lowest BCUT2D eigenvalue weighted by Crippen LogP contribution is -2.35. The predicted molar refractivity (Wildman–Crippen MR) is 91.7 cm³/mol. The molecule has 0 aromatic heterocycles. The van der Waals surface area contributed by atoms with Crippen molar-refractivity contribution in [2.75, 3.05) is 26.2 Å². The molecule has 1 aromatic carbocycles. The van der Waals surface area contributed by atoms with Crippen molar-refractivity contribution in [1.82, 2.24) is 10.2 Å². The molecule has 0 saturated carbocycles. The highest BCUT2D eigenvalue weighted by molar-refractivity contribution is 5.29. The van der Waals surface area contributed by atoms with E-state index in [1.54, 1.807) is 0 Å². The zero-order chi connectivity index (χ0) is 15.1. The third-order valence-corrected chi connectivity index (χ3v) is 4.71. The van der Waals surface area contributed by atoms with Crippen LogP contribution in [0.25, 0.3) is 0 Å². The lowest BCUT2D eigenvalue weighted by molar-refractivity contribution is 0.280. The smallest absolute Gasteiger partial charge is 0.0451 e. The minimum atomic E-state index is 0.478. The second-order valence-electron chi connectivity index (χ2n) is 6.57. The van der Waals surface area contributed by atoms with Crippen LogP contribution in [0.4, 0.5) is 0 Å². The van der Waals surface area contributed by atoms with E-state index in [-0.39, 0.29) is 0 Å². The zero-order valence-electron chi connectivity index (χ0n) is 14.1. The van der Waals surface area contributed by atoms with Gasteiger partial charge in [0.2, 0.25) is 0 Å². The number of aryl methyl sites for hydroxylation is 1. The van der Waals surface area contributed by atoms with Crippen molar-refractivity contribution < 1.29 is 0 Å². The number of likely N-dealkylation sites (tertiary alicyclic amines) is 1. The number of rotatable bonds is 8. The molecule has 21 heavy (non-hydrogen) atoms. The number of benzene rings is 1. The van der Waals surface area contributed by atoms with Crippen molar-refractivity contribution >= 4 is 0 Å². The Balaban J connectivity index is 1.99. The van der Waals surface area contributed by atoms with Gasteiger partial charge in [-0.2, -0.15) is 0 Å². The summed E-state index contributed by atoms with van der Waals surface area (Å²) < 4.78 is 0. The highest BCUT2D eigenvalue weighted by Crippen LogP contribution is 2.25. The quantitative estimate of drug-likeness (QED) is 0.773. The Labute approximate surface area is 130 Å². The molecule has 2 unspecified atom stereocenters. The minimum Gasteiger partial charge on any atom is -0.309 e. The van der Waals surface area contributed by atoms with E-state index in [1.165, 1.54) is 49.9 Å². The van der Waals surface area contributed by atoms with E-state index < -0.39 is 0 Å². The number of hydrogen-bond donors (Lipinski definition) is 1. The van der Waals surface area contributed by atoms with E-state index in [0.717, 1.165) is 19.0 Å². The number of nitrogens with one attached hydrogen (secondary N) is 1. The summed E-state index contributed by atoms with van der Waals surface area (Å²) in [5, 5.41) is 3.76. The third kappa shape index (κ3) is 4.82. The van der Waals surface area contributed by atoms with Gasteiger partial charge in [0, 0.05) is 19.1 Å². The van der Waals surface area contributed by atoms with E-state index in [2.05, 4.69) is 55.3 Å². The van der Waals surface area contributed by atoms with E-state index in [0.29, 0.717) is 6.04 Å². The molecule has 0 spiro atoms. The van der Waals surface area contributed by atoms with Gasteiger partial charge in [0.15, 0.2) is 0 Å². The molecule has 1 saturated heterocycles. The van der Waals surface area contributed by atoms with Gasteiger partial charge in [0.1, 0.15) is 0 Å². The maximum Gasteiger partial charge on any atom is 0.0451 e. The first kappa shape index (κ1) is 16.5. The summed E-state index contributed by atoms with van der Waals surface area (Å²) in [7, 11) is 0. The van der Waals surface area contributed by atoms with Gasteiger partial charge in [-0.05, 0) is 56.3 Å².